The summed E-state index contributed by atoms with van der Waals surface area (Å²) >= 11 is 6.13. The van der Waals surface area contributed by atoms with E-state index in [4.69, 9.17) is 32.0 Å². The van der Waals surface area contributed by atoms with Crippen molar-refractivity contribution in [3.05, 3.63) is 76.3 Å². The highest BCUT2D eigenvalue weighted by atomic mass is 35.5. The van der Waals surface area contributed by atoms with Crippen LogP contribution in [0.3, 0.4) is 0 Å². The normalized spacial score (nSPS) is 17.4. The van der Waals surface area contributed by atoms with E-state index in [1.165, 1.54) is 0 Å². The zero-order valence-electron chi connectivity index (χ0n) is 28.2. The number of amides is 2. The van der Waals surface area contributed by atoms with Crippen LogP contribution in [0.1, 0.15) is 70.4 Å². The topological polar surface area (TPSA) is 168 Å². The third-order valence-corrected chi connectivity index (χ3v) is 10.2. The Morgan fingerprint density at radius 2 is 1.64 bits per heavy atom. The van der Waals surface area contributed by atoms with Crippen LogP contribution in [0.4, 0.5) is 13.2 Å². The number of nitrogens with one attached hydrogen (secondary N) is 2. The number of hydrogen-bond donors (Lipinski definition) is 4. The average Bonchev–Trinajstić information content (AvgIpc) is 3.24. The van der Waals surface area contributed by atoms with Crippen molar-refractivity contribution in [2.24, 2.45) is 5.73 Å². The minimum Gasteiger partial charge on any atom is -0.475 e. The van der Waals surface area contributed by atoms with Gasteiger partial charge in [0.25, 0.3) is 0 Å². The van der Waals surface area contributed by atoms with Crippen molar-refractivity contribution in [2.45, 2.75) is 89.2 Å². The standard InChI is InChI=1S/C32H43ClN4O5S.C2HF3O2/c1-4-19-37(29(38)27(35-30(39)31(2,3)34)22-42-21-23-11-7-5-8-12-23)20-26-28(24-13-15-25(33)16-14-24)43(40,41)36-32(26)17-9-6-10-18-32;3-2(4,5)1(6)7/h5,7-8,11-16,27,36H,4,6,9-10,17-22,34H2,1-3H3,(H,35,39);(H,6,7)/t27-;/m1./s1. The van der Waals surface area contributed by atoms with Crippen molar-refractivity contribution >= 4 is 44.3 Å². The maximum atomic E-state index is 14.2. The molecule has 0 saturated heterocycles. The second-order valence-electron chi connectivity index (χ2n) is 12.9. The molecular weight excluding hydrogens is 701 g/mol. The highest BCUT2D eigenvalue weighted by Gasteiger charge is 2.50. The largest absolute Gasteiger partial charge is 0.490 e. The molecule has 2 aromatic carbocycles. The monoisotopic (exact) mass is 744 g/mol. The molecule has 1 aliphatic carbocycles. The Labute approximate surface area is 295 Å². The van der Waals surface area contributed by atoms with E-state index >= 15 is 0 Å². The molecule has 5 N–H and O–H groups in total. The van der Waals surface area contributed by atoms with Gasteiger partial charge in [-0.1, -0.05) is 80.3 Å². The molecule has 1 spiro atoms. The van der Waals surface area contributed by atoms with Gasteiger partial charge in [-0.25, -0.2) is 17.9 Å². The lowest BCUT2D eigenvalue weighted by molar-refractivity contribution is -0.192. The lowest BCUT2D eigenvalue weighted by Crippen LogP contribution is -2.58. The number of nitrogens with zero attached hydrogens (tertiary/aromatic N) is 1. The number of aliphatic carboxylic acids is 1. The number of hydrogen-bond acceptors (Lipinski definition) is 7. The van der Waals surface area contributed by atoms with Crippen LogP contribution in [0, 0.1) is 0 Å². The molecule has 2 amide bonds. The molecule has 1 atom stereocenters. The number of sulfonamides is 1. The SMILES string of the molecule is CCCN(CC1=C(c2ccc(Cl)cc2)S(=O)(=O)NC12CCCCC2)C(=O)[C@@H](COCc1ccccc1)NC(=O)C(C)(C)N.O=C(O)C(F)(F)F. The zero-order chi connectivity index (χ0) is 37.3. The summed E-state index contributed by atoms with van der Waals surface area (Å²) in [6.07, 6.45) is -0.385. The van der Waals surface area contributed by atoms with Gasteiger partial charge in [0.15, 0.2) is 0 Å². The summed E-state index contributed by atoms with van der Waals surface area (Å²) in [5.41, 5.74) is 6.20. The van der Waals surface area contributed by atoms with Crippen molar-refractivity contribution < 1.29 is 45.8 Å². The van der Waals surface area contributed by atoms with Gasteiger partial charge < -0.3 is 25.8 Å². The maximum Gasteiger partial charge on any atom is 0.490 e. The Bertz CT molecular complexity index is 1620. The molecule has 0 unspecified atom stereocenters. The van der Waals surface area contributed by atoms with Crippen molar-refractivity contribution in [3.63, 3.8) is 0 Å². The molecule has 4 rings (SSSR count). The fourth-order valence-electron chi connectivity index (χ4n) is 5.80. The molecule has 0 radical (unpaired) electrons. The van der Waals surface area contributed by atoms with E-state index in [1.807, 2.05) is 37.3 Å². The zero-order valence-corrected chi connectivity index (χ0v) is 29.8. The van der Waals surface area contributed by atoms with Gasteiger partial charge >= 0.3 is 12.1 Å². The van der Waals surface area contributed by atoms with Gasteiger partial charge in [0, 0.05) is 18.1 Å². The van der Waals surface area contributed by atoms with Crippen LogP contribution in [0.5, 0.6) is 0 Å². The molecule has 276 valence electrons. The summed E-state index contributed by atoms with van der Waals surface area (Å²) in [4.78, 5) is 37.9. The number of nitrogens with two attached hydrogens (primary N) is 1. The first-order valence-corrected chi connectivity index (χ1v) is 18.0. The smallest absolute Gasteiger partial charge is 0.475 e. The average molecular weight is 745 g/mol. The van der Waals surface area contributed by atoms with Crippen LogP contribution >= 0.6 is 11.6 Å². The molecule has 2 aliphatic rings. The fourth-order valence-corrected chi connectivity index (χ4v) is 7.90. The molecule has 16 heteroatoms. The Hall–Kier alpha value is -3.50. The van der Waals surface area contributed by atoms with Crippen LogP contribution in [0.15, 0.2) is 60.2 Å². The number of benzene rings is 2. The summed E-state index contributed by atoms with van der Waals surface area (Å²) in [5, 5.41) is 10.4. The minimum absolute atomic E-state index is 0.0689. The third kappa shape index (κ3) is 11.0. The number of carboxylic acids is 1. The number of rotatable bonds is 12. The summed E-state index contributed by atoms with van der Waals surface area (Å²) in [6, 6.07) is 15.3. The number of carbonyl (C=O) groups is 3. The first-order valence-electron chi connectivity index (χ1n) is 16.1. The van der Waals surface area contributed by atoms with Gasteiger partial charge in [0.2, 0.25) is 21.8 Å². The summed E-state index contributed by atoms with van der Waals surface area (Å²) in [7, 11) is -3.86. The van der Waals surface area contributed by atoms with Crippen LogP contribution in [0.25, 0.3) is 4.91 Å². The molecule has 1 saturated carbocycles. The van der Waals surface area contributed by atoms with Crippen molar-refractivity contribution in [2.75, 3.05) is 19.7 Å². The molecule has 1 fully saturated rings. The summed E-state index contributed by atoms with van der Waals surface area (Å²) in [5.74, 6) is -3.60. The van der Waals surface area contributed by atoms with Crippen LogP contribution in [-0.2, 0) is 35.8 Å². The van der Waals surface area contributed by atoms with Crippen molar-refractivity contribution in [3.8, 4) is 0 Å². The molecule has 2 aromatic rings. The maximum absolute atomic E-state index is 14.2. The van der Waals surface area contributed by atoms with Crippen molar-refractivity contribution in [1.82, 2.24) is 14.9 Å². The molecule has 0 bridgehead atoms. The highest BCUT2D eigenvalue weighted by molar-refractivity contribution is 7.99. The quantitative estimate of drug-likeness (QED) is 0.236. The van der Waals surface area contributed by atoms with Gasteiger partial charge in [-0.15, -0.1) is 0 Å². The third-order valence-electron chi connectivity index (χ3n) is 8.25. The van der Waals surface area contributed by atoms with Crippen LogP contribution in [-0.4, -0.2) is 79.2 Å². The van der Waals surface area contributed by atoms with Crippen LogP contribution < -0.4 is 15.8 Å². The molecule has 50 heavy (non-hydrogen) atoms. The van der Waals surface area contributed by atoms with E-state index in [2.05, 4.69) is 10.0 Å². The van der Waals surface area contributed by atoms with Gasteiger partial charge in [-0.2, -0.15) is 13.2 Å². The highest BCUT2D eigenvalue weighted by Crippen LogP contribution is 2.46. The number of ether oxygens (including phenoxy) is 1. The molecule has 1 heterocycles. The number of carbonyl (C=O) groups excluding carboxylic acids is 2. The summed E-state index contributed by atoms with van der Waals surface area (Å²) in [6.45, 7) is 5.75. The van der Waals surface area contributed by atoms with E-state index in [9.17, 15) is 31.2 Å². The lowest BCUT2D eigenvalue weighted by atomic mass is 9.76. The van der Waals surface area contributed by atoms with E-state index in [-0.39, 0.29) is 30.6 Å². The molecule has 11 nitrogen and oxygen atoms in total. The molecule has 0 aromatic heterocycles. The van der Waals surface area contributed by atoms with Gasteiger partial charge in [-0.3, -0.25) is 9.59 Å². The lowest BCUT2D eigenvalue weighted by Gasteiger charge is -2.38. The minimum atomic E-state index is -5.08. The number of alkyl halides is 3. The van der Waals surface area contributed by atoms with Crippen molar-refractivity contribution in [1.29, 1.82) is 0 Å². The van der Waals surface area contributed by atoms with Gasteiger partial charge in [-0.05, 0) is 61.9 Å². The first-order chi connectivity index (χ1) is 23.3. The fraction of sp³-hybridized carbons (Fsp3) is 0.500. The Morgan fingerprint density at radius 1 is 1.06 bits per heavy atom. The van der Waals surface area contributed by atoms with Gasteiger partial charge in [0.1, 0.15) is 6.04 Å². The second-order valence-corrected chi connectivity index (χ2v) is 14.9. The Morgan fingerprint density at radius 3 is 2.16 bits per heavy atom. The van der Waals surface area contributed by atoms with E-state index in [0.717, 1.165) is 24.8 Å². The molecular formula is C34H44ClF3N4O7S. The van der Waals surface area contributed by atoms with E-state index in [1.54, 1.807) is 43.0 Å². The van der Waals surface area contributed by atoms with Gasteiger partial charge in [0.05, 0.1) is 29.2 Å². The predicted molar refractivity (Wildman–Crippen MR) is 183 cm³/mol. The first kappa shape index (κ1) is 40.9. The Kier molecular flexibility index (Phi) is 14.0. The predicted octanol–water partition coefficient (Wildman–Crippen LogP) is 5.00. The van der Waals surface area contributed by atoms with E-state index < -0.39 is 45.2 Å². The molecule has 1 aliphatic heterocycles. The second kappa shape index (κ2) is 17.1. The number of carboxylic acid groups (broad SMARTS) is 1. The van der Waals surface area contributed by atoms with E-state index in [0.29, 0.717) is 42.0 Å². The van der Waals surface area contributed by atoms with Crippen LogP contribution in [0.2, 0.25) is 5.02 Å². The Balaban J connectivity index is 0.000000872. The summed E-state index contributed by atoms with van der Waals surface area (Å²) < 4.78 is 68.1. The number of halogens is 4.